The molecule has 115 heavy (non-hydrogen) atoms. The molecule has 676 valence electrons. The maximum Gasteiger partial charge on any atom is 0.470 e. The van der Waals surface area contributed by atoms with E-state index in [-0.39, 0.29) is 25.7 Å². The highest BCUT2D eigenvalue weighted by Gasteiger charge is 2.52. The third kappa shape index (κ3) is 65.8. The van der Waals surface area contributed by atoms with Crippen molar-refractivity contribution in [3.8, 4) is 0 Å². The zero-order valence-electron chi connectivity index (χ0n) is 74.4. The Bertz CT molecular complexity index is 2380. The molecule has 1 aliphatic heterocycles. The Hall–Kier alpha value is -3.56. The van der Waals surface area contributed by atoms with Crippen LogP contribution in [0.4, 0.5) is 0 Å². The van der Waals surface area contributed by atoms with E-state index in [1.807, 2.05) is 0 Å². The lowest BCUT2D eigenvalue weighted by molar-refractivity contribution is -0.271. The third-order valence-corrected chi connectivity index (χ3v) is 23.2. The quantitative estimate of drug-likeness (QED) is 0.0143. The van der Waals surface area contributed by atoms with Crippen LogP contribution in [0.1, 0.15) is 485 Å². The Morgan fingerprint density at radius 1 is 0.365 bits per heavy atom. The average Bonchev–Trinajstić information content (AvgIpc) is 0.779. The van der Waals surface area contributed by atoms with Crippen molar-refractivity contribution in [2.24, 2.45) is 5.73 Å². The summed E-state index contributed by atoms with van der Waals surface area (Å²) in [6.45, 7) is 11.5. The number of hydrogen-bond donors (Lipinski definition) is 6. The van der Waals surface area contributed by atoms with E-state index < -0.39 is 130 Å². The molecule has 3 amide bonds. The molecule has 0 unspecified atom stereocenters. The van der Waals surface area contributed by atoms with Crippen molar-refractivity contribution in [3.63, 3.8) is 0 Å². The summed E-state index contributed by atoms with van der Waals surface area (Å²) in [5, 5.41) is 16.2. The van der Waals surface area contributed by atoms with Crippen molar-refractivity contribution in [3.05, 3.63) is 0 Å². The first kappa shape index (κ1) is 109. The van der Waals surface area contributed by atoms with Crippen molar-refractivity contribution in [2.45, 2.75) is 540 Å². The van der Waals surface area contributed by atoms with Gasteiger partial charge in [-0.1, -0.05) is 388 Å². The highest BCUT2D eigenvalue weighted by atomic mass is 31.2. The Kier molecular flexibility index (Phi) is 74.0. The van der Waals surface area contributed by atoms with Crippen LogP contribution in [0.25, 0.3) is 0 Å². The molecule has 1 heterocycles. The number of esters is 4. The Balaban J connectivity index is 3.74. The van der Waals surface area contributed by atoms with Crippen molar-refractivity contribution < 1.29 is 86.0 Å². The molecule has 0 saturated carbocycles. The monoisotopic (exact) mass is 1650 g/mol. The number of ether oxygens (including phenoxy) is 6. The summed E-state index contributed by atoms with van der Waals surface area (Å²) in [6.07, 6.45) is 55.0. The summed E-state index contributed by atoms with van der Waals surface area (Å²) in [5.41, 5.74) is 6.53. The van der Waals surface area contributed by atoms with Gasteiger partial charge in [0, 0.05) is 19.3 Å². The highest BCUT2D eigenvalue weighted by molar-refractivity contribution is 7.46. The van der Waals surface area contributed by atoms with Crippen LogP contribution in [0, 0.1) is 0 Å². The number of aliphatic hydroxyl groups is 1. The van der Waals surface area contributed by atoms with Gasteiger partial charge in [0.15, 0.2) is 12.4 Å². The van der Waals surface area contributed by atoms with Gasteiger partial charge in [-0.05, 0) is 57.8 Å². The van der Waals surface area contributed by atoms with E-state index in [2.05, 4.69) is 52.2 Å². The number of rotatable bonds is 84. The van der Waals surface area contributed by atoms with Crippen LogP contribution in [0.3, 0.4) is 0 Å². The van der Waals surface area contributed by atoms with E-state index in [0.29, 0.717) is 57.8 Å². The Morgan fingerprint density at radius 2 is 0.635 bits per heavy atom. The average molecular weight is 1660 g/mol. The molecule has 0 radical (unpaired) electrons. The van der Waals surface area contributed by atoms with Gasteiger partial charge in [0.2, 0.25) is 17.7 Å². The lowest BCUT2D eigenvalue weighted by Gasteiger charge is -2.45. The molecule has 0 bridgehead atoms. The number of carbonyl (C=O) groups is 7. The van der Waals surface area contributed by atoms with Gasteiger partial charge in [-0.25, -0.2) is 4.57 Å². The minimum Gasteiger partial charge on any atom is -0.462 e. The van der Waals surface area contributed by atoms with Crippen molar-refractivity contribution in [1.82, 2.24) is 10.6 Å². The summed E-state index contributed by atoms with van der Waals surface area (Å²) in [7, 11) is -5.55. The number of carbonyl (C=O) groups excluding carboxylic acids is 7. The number of nitrogens with one attached hydrogen (secondary N) is 2. The fraction of sp³-hybridized carbons (Fsp3) is 0.925. The molecule has 9 atom stereocenters. The van der Waals surface area contributed by atoms with Crippen molar-refractivity contribution >= 4 is 49.4 Å². The maximum absolute atomic E-state index is 14.9. The number of imide groups is 1. The van der Waals surface area contributed by atoms with Gasteiger partial charge in [0.1, 0.15) is 42.6 Å². The minimum atomic E-state index is -5.55. The second kappa shape index (κ2) is 77.7. The molecular formula is C93H176N3O18P. The molecule has 0 aromatic carbocycles. The smallest absolute Gasteiger partial charge is 0.462 e. The molecule has 22 heteroatoms. The first-order valence-corrected chi connectivity index (χ1v) is 49.7. The molecule has 0 spiro atoms. The van der Waals surface area contributed by atoms with Gasteiger partial charge in [-0.2, -0.15) is 0 Å². The normalized spacial score (nSPS) is 16.7. The van der Waals surface area contributed by atoms with E-state index in [9.17, 15) is 53.0 Å². The topological polar surface area (TPSA) is 312 Å². The van der Waals surface area contributed by atoms with E-state index in [1.165, 1.54) is 173 Å². The largest absolute Gasteiger partial charge is 0.470 e. The SMILES string of the molecule is CCCCCCCCCCCCCC(=O)O[C@H](CCCCCCCCCCC)CC(=O)NC(=O)[C@@H](N)CO[C@@H]1O[C@H](CO)[C@@H](OP(=O)(O)O)[C@H](OC(=O)C[C@@H](CCCCCCCCCCC)OC(=O)CCCCCCCCCCCCC)[C@H]1NC(=O)C[C@@H](CCCCCCCCCCC)OC(=O)CCCCCCCCCCCCC. The third-order valence-electron chi connectivity index (χ3n) is 22.7. The fourth-order valence-corrected chi connectivity index (χ4v) is 16.1. The number of unbranched alkanes of at least 4 members (excludes halogenated alkanes) is 54. The second-order valence-electron chi connectivity index (χ2n) is 33.8. The summed E-state index contributed by atoms with van der Waals surface area (Å²) in [4.78, 5) is 120. The molecule has 7 N–H and O–H groups in total. The molecule has 21 nitrogen and oxygen atoms in total. The standard InChI is InChI=1S/C93H176N3O18P/c1-7-13-19-25-31-37-40-46-52-58-64-70-85(100)109-78(67-61-55-49-43-34-28-22-16-10-4)73-83(98)95-89-91(113-88(103)75-80(69-63-57-51-45-36-30-24-18-12-6)111-87(102)72-66-60-54-48-42-39-33-27-21-15-9-3)90(114-115(105,106)107)82(76-97)112-93(89)108-77-81(94)92(104)96-84(99)74-79(68-62-56-50-44-35-29-23-17-11-5)110-86(101)71-65-59-53-47-41-38-32-26-20-14-8-2/h78-82,89-91,93,97H,7-77,94H2,1-6H3,(H,95,98)(H,96,99,104)(H2,105,106,107)/t78-,79-,80-,81+,82-,89-,90-,91-,93-/m1/s1. The Morgan fingerprint density at radius 3 is 0.922 bits per heavy atom. The number of nitrogens with two attached hydrogens (primary N) is 1. The molecule has 0 aliphatic carbocycles. The number of hydrogen-bond acceptors (Lipinski definition) is 17. The van der Waals surface area contributed by atoms with Crippen molar-refractivity contribution in [2.75, 3.05) is 13.2 Å². The first-order valence-electron chi connectivity index (χ1n) is 48.1. The van der Waals surface area contributed by atoms with Crippen LogP contribution in [0.15, 0.2) is 0 Å². The zero-order valence-corrected chi connectivity index (χ0v) is 75.3. The fourth-order valence-electron chi connectivity index (χ4n) is 15.6. The molecule has 1 aliphatic rings. The molecule has 1 rings (SSSR count). The van der Waals surface area contributed by atoms with Crippen LogP contribution in [0.2, 0.25) is 0 Å². The van der Waals surface area contributed by atoms with Gasteiger partial charge in [-0.15, -0.1) is 0 Å². The van der Waals surface area contributed by atoms with Crippen LogP contribution >= 0.6 is 7.82 Å². The van der Waals surface area contributed by atoms with Crippen LogP contribution in [-0.2, 0) is 71.1 Å². The minimum absolute atomic E-state index is 0.141. The van der Waals surface area contributed by atoms with E-state index in [0.717, 1.165) is 173 Å². The second-order valence-corrected chi connectivity index (χ2v) is 35.0. The van der Waals surface area contributed by atoms with Crippen LogP contribution in [-0.4, -0.2) is 125 Å². The molecule has 0 aromatic rings. The summed E-state index contributed by atoms with van der Waals surface area (Å²) >= 11 is 0. The zero-order chi connectivity index (χ0) is 84.3. The molecule has 1 saturated heterocycles. The molecular weight excluding hydrogens is 1480 g/mol. The van der Waals surface area contributed by atoms with Crippen molar-refractivity contribution in [1.29, 1.82) is 0 Å². The lowest BCUT2D eigenvalue weighted by atomic mass is 9.95. The lowest BCUT2D eigenvalue weighted by Crippen LogP contribution is -2.66. The number of aliphatic hydroxyl groups excluding tert-OH is 1. The summed E-state index contributed by atoms with van der Waals surface area (Å²) in [6, 6.07) is -3.34. The van der Waals surface area contributed by atoms with Crippen LogP contribution < -0.4 is 16.4 Å². The van der Waals surface area contributed by atoms with E-state index in [1.54, 1.807) is 0 Å². The summed E-state index contributed by atoms with van der Waals surface area (Å²) in [5.74, 6) is -4.78. The van der Waals surface area contributed by atoms with Gasteiger partial charge in [0.25, 0.3) is 0 Å². The Labute approximate surface area is 701 Å². The predicted octanol–water partition coefficient (Wildman–Crippen LogP) is 23.3. The number of phosphoric acid groups is 1. The summed E-state index contributed by atoms with van der Waals surface area (Å²) < 4.78 is 55.3. The maximum atomic E-state index is 14.9. The first-order chi connectivity index (χ1) is 55.8. The predicted molar refractivity (Wildman–Crippen MR) is 464 cm³/mol. The highest BCUT2D eigenvalue weighted by Crippen LogP contribution is 2.43. The molecule has 1 fully saturated rings. The number of amides is 3. The van der Waals surface area contributed by atoms with Gasteiger partial charge in [-0.3, -0.25) is 43.4 Å². The number of phosphoric ester groups is 1. The van der Waals surface area contributed by atoms with Gasteiger partial charge >= 0.3 is 31.7 Å². The van der Waals surface area contributed by atoms with Gasteiger partial charge < -0.3 is 54.4 Å². The van der Waals surface area contributed by atoms with Crippen LogP contribution in [0.5, 0.6) is 0 Å². The van der Waals surface area contributed by atoms with Gasteiger partial charge in [0.05, 0.1) is 32.5 Å². The van der Waals surface area contributed by atoms with E-state index >= 15 is 0 Å². The van der Waals surface area contributed by atoms with E-state index in [4.69, 9.17) is 38.7 Å². The molecule has 0 aromatic heterocycles.